The van der Waals surface area contributed by atoms with Gasteiger partial charge in [-0.3, -0.25) is 4.79 Å². The minimum absolute atomic E-state index is 0.0211. The van der Waals surface area contributed by atoms with Gasteiger partial charge in [-0.15, -0.1) is 0 Å². The maximum absolute atomic E-state index is 11.3. The van der Waals surface area contributed by atoms with Gasteiger partial charge in [-0.1, -0.05) is 17.4 Å². The monoisotopic (exact) mass is 269 g/mol. The van der Waals surface area contributed by atoms with Gasteiger partial charge in [0, 0.05) is 5.56 Å². The molecule has 1 atom stereocenters. The van der Waals surface area contributed by atoms with Crippen LogP contribution in [0.2, 0.25) is 0 Å². The first-order valence-corrected chi connectivity index (χ1v) is 5.99. The number of nitrogens with zero attached hydrogens (tertiary/aromatic N) is 2. The second-order valence-corrected chi connectivity index (χ2v) is 4.79. The van der Waals surface area contributed by atoms with Crippen LogP contribution < -0.4 is 10.7 Å². The Morgan fingerprint density at radius 1 is 1.61 bits per heavy atom. The van der Waals surface area contributed by atoms with Crippen molar-refractivity contribution in [3.8, 4) is 5.75 Å². The number of benzene rings is 1. The van der Waals surface area contributed by atoms with Crippen molar-refractivity contribution in [1.82, 2.24) is 4.98 Å². The van der Waals surface area contributed by atoms with Crippen molar-refractivity contribution in [2.24, 2.45) is 11.0 Å². The molecule has 0 saturated heterocycles. The molecule has 0 spiro atoms. The molecule has 1 aromatic heterocycles. The van der Waals surface area contributed by atoms with Crippen LogP contribution in [0, 0.1) is 0 Å². The number of aliphatic hydroxyl groups excluding tert-OH is 1. The summed E-state index contributed by atoms with van der Waals surface area (Å²) in [4.78, 5) is 14.7. The summed E-state index contributed by atoms with van der Waals surface area (Å²) < 4.78 is 0.530. The molecule has 0 radical (unpaired) electrons. The molecule has 0 bridgehead atoms. The number of phenols is 1. The Kier molecular flexibility index (Phi) is 3.30. The lowest BCUT2D eigenvalue weighted by Gasteiger charge is -2.08. The predicted octanol–water partition coefficient (Wildman–Crippen LogP) is 0.297. The van der Waals surface area contributed by atoms with Crippen molar-refractivity contribution in [3.63, 3.8) is 0 Å². The van der Waals surface area contributed by atoms with Crippen LogP contribution in [0.25, 0.3) is 10.2 Å². The van der Waals surface area contributed by atoms with E-state index in [1.54, 1.807) is 13.1 Å². The highest BCUT2D eigenvalue weighted by molar-refractivity contribution is 7.16. The number of nitrogens with two attached hydrogens (primary N) is 1. The summed E-state index contributed by atoms with van der Waals surface area (Å²) in [5, 5.41) is 23.5. The Hall–Kier alpha value is -1.93. The minimum Gasteiger partial charge on any atom is -0.506 e. The molecule has 1 aromatic carbocycles. The maximum Gasteiger partial charge on any atom is 0.305 e. The van der Waals surface area contributed by atoms with E-state index < -0.39 is 6.10 Å². The number of thiazole rings is 1. The summed E-state index contributed by atoms with van der Waals surface area (Å²) in [5.74, 6) is 5.30. The number of hydrazine groups is 1. The molecule has 8 heteroatoms. The zero-order valence-electron chi connectivity index (χ0n) is 9.62. The molecule has 0 saturated carbocycles. The fraction of sp³-hybridized carbons (Fsp3) is 0.300. The first kappa shape index (κ1) is 12.5. The highest BCUT2D eigenvalue weighted by Crippen LogP contribution is 2.31. The molecule has 1 heterocycles. The minimum atomic E-state index is -0.884. The van der Waals surface area contributed by atoms with E-state index in [2.05, 4.69) is 10.1 Å². The number of fused-ring (bicyclic) bond motifs is 1. The summed E-state index contributed by atoms with van der Waals surface area (Å²) in [6, 6.07) is 2.99. The van der Waals surface area contributed by atoms with E-state index in [9.17, 15) is 15.0 Å². The third kappa shape index (κ3) is 2.34. The highest BCUT2D eigenvalue weighted by Gasteiger charge is 2.16. The SMILES string of the molecule is C[N+](N)=NCC(O)c1ccc(O)c2[nH]c(=O)sc12. The third-order valence-corrected chi connectivity index (χ3v) is 3.36. The van der Waals surface area contributed by atoms with Gasteiger partial charge in [0.15, 0.2) is 7.05 Å². The fourth-order valence-electron chi connectivity index (χ4n) is 1.61. The number of azo groups is 1. The predicted molar refractivity (Wildman–Crippen MR) is 66.7 cm³/mol. The Balaban J connectivity index is 2.48. The maximum atomic E-state index is 11.3. The number of phenolic OH excluding ortho intramolecular Hbond substituents is 1. The molecule has 0 aliphatic rings. The van der Waals surface area contributed by atoms with Crippen LogP contribution in [0.15, 0.2) is 22.0 Å². The van der Waals surface area contributed by atoms with E-state index in [1.165, 1.54) is 6.07 Å². The van der Waals surface area contributed by atoms with Crippen molar-refractivity contribution in [2.45, 2.75) is 6.10 Å². The first-order chi connectivity index (χ1) is 8.49. The number of hydrogen-bond acceptors (Lipinski definition) is 5. The van der Waals surface area contributed by atoms with Gasteiger partial charge in [0.2, 0.25) is 0 Å². The average molecular weight is 269 g/mol. The average Bonchev–Trinajstić information content (AvgIpc) is 2.69. The van der Waals surface area contributed by atoms with Gasteiger partial charge in [0.1, 0.15) is 23.9 Å². The number of aliphatic hydroxyl groups is 1. The van der Waals surface area contributed by atoms with E-state index in [0.29, 0.717) is 15.8 Å². The molecule has 5 N–H and O–H groups in total. The molecule has 2 aromatic rings. The van der Waals surface area contributed by atoms with Gasteiger partial charge in [-0.05, 0) is 16.0 Å². The number of H-pyrrole nitrogens is 1. The number of rotatable bonds is 3. The molecule has 0 aliphatic carbocycles. The summed E-state index contributed by atoms with van der Waals surface area (Å²) in [5.41, 5.74) is 0.874. The molecular formula is C10H13N4O3S+. The number of hydrogen-bond donors (Lipinski definition) is 4. The van der Waals surface area contributed by atoms with Gasteiger partial charge >= 0.3 is 4.87 Å². The zero-order chi connectivity index (χ0) is 13.3. The molecule has 96 valence electrons. The highest BCUT2D eigenvalue weighted by atomic mass is 32.1. The lowest BCUT2D eigenvalue weighted by atomic mass is 10.1. The number of nitrogens with one attached hydrogen (secondary N) is 1. The summed E-state index contributed by atoms with van der Waals surface area (Å²) in [7, 11) is 1.55. The number of aromatic nitrogens is 1. The Morgan fingerprint density at radius 3 is 3.00 bits per heavy atom. The van der Waals surface area contributed by atoms with Crippen molar-refractivity contribution in [1.29, 1.82) is 0 Å². The van der Waals surface area contributed by atoms with Crippen molar-refractivity contribution < 1.29 is 15.0 Å². The zero-order valence-corrected chi connectivity index (χ0v) is 10.4. The van der Waals surface area contributed by atoms with Crippen LogP contribution in [0.4, 0.5) is 0 Å². The van der Waals surface area contributed by atoms with Crippen molar-refractivity contribution >= 4 is 21.6 Å². The molecule has 7 nitrogen and oxygen atoms in total. The topological polar surface area (TPSA) is 115 Å². The fourth-order valence-corrected chi connectivity index (χ4v) is 2.52. The van der Waals surface area contributed by atoms with Crippen LogP contribution in [0.3, 0.4) is 0 Å². The van der Waals surface area contributed by atoms with Crippen molar-refractivity contribution in [3.05, 3.63) is 27.4 Å². The standard InChI is InChI=1S/C10H12N4O3S/c1-14(11)12-4-7(16)5-2-3-6(15)8-9(5)18-10(17)13-8/h2-3,7,12,16H,4,11H2,1H3/p+1. The summed E-state index contributed by atoms with van der Waals surface area (Å²) in [6.45, 7) is 0.0823. The van der Waals surface area contributed by atoms with Crippen LogP contribution in [-0.2, 0) is 0 Å². The van der Waals surface area contributed by atoms with Gasteiger partial charge in [-0.2, -0.15) is 5.84 Å². The normalized spacial score (nSPS) is 14.0. The lowest BCUT2D eigenvalue weighted by molar-refractivity contribution is -0.579. The first-order valence-electron chi connectivity index (χ1n) is 5.17. The van der Waals surface area contributed by atoms with Crippen LogP contribution in [-0.4, -0.2) is 33.6 Å². The second-order valence-electron chi connectivity index (χ2n) is 3.81. The lowest BCUT2D eigenvalue weighted by Crippen LogP contribution is -2.13. The third-order valence-electron chi connectivity index (χ3n) is 2.42. The van der Waals surface area contributed by atoms with Crippen LogP contribution in [0.1, 0.15) is 11.7 Å². The molecular weight excluding hydrogens is 256 g/mol. The second kappa shape index (κ2) is 4.75. The van der Waals surface area contributed by atoms with Gasteiger partial charge in [0.05, 0.1) is 4.70 Å². The van der Waals surface area contributed by atoms with Gasteiger partial charge in [0.25, 0.3) is 0 Å². The largest absolute Gasteiger partial charge is 0.506 e. The van der Waals surface area contributed by atoms with E-state index in [-0.39, 0.29) is 17.2 Å². The smallest absolute Gasteiger partial charge is 0.305 e. The molecule has 0 amide bonds. The van der Waals surface area contributed by atoms with E-state index in [0.717, 1.165) is 16.1 Å². The number of aromatic amines is 1. The molecule has 0 fully saturated rings. The van der Waals surface area contributed by atoms with E-state index in [4.69, 9.17) is 5.84 Å². The van der Waals surface area contributed by atoms with Gasteiger partial charge in [-0.25, -0.2) is 0 Å². The summed E-state index contributed by atoms with van der Waals surface area (Å²) in [6.07, 6.45) is -0.884. The molecule has 1 unspecified atom stereocenters. The van der Waals surface area contributed by atoms with Gasteiger partial charge < -0.3 is 15.2 Å². The Bertz CT molecular complexity index is 657. The van der Waals surface area contributed by atoms with Crippen molar-refractivity contribution in [2.75, 3.05) is 13.6 Å². The summed E-state index contributed by atoms with van der Waals surface area (Å²) >= 11 is 0.938. The quantitative estimate of drug-likeness (QED) is 0.277. The van der Waals surface area contributed by atoms with E-state index >= 15 is 0 Å². The number of aromatic hydroxyl groups is 1. The Labute approximate surface area is 106 Å². The molecule has 18 heavy (non-hydrogen) atoms. The Morgan fingerprint density at radius 2 is 2.33 bits per heavy atom. The van der Waals surface area contributed by atoms with E-state index in [1.807, 2.05) is 0 Å². The van der Waals surface area contributed by atoms with Crippen LogP contribution >= 0.6 is 11.3 Å². The van der Waals surface area contributed by atoms with Crippen LogP contribution in [0.5, 0.6) is 5.75 Å². The molecule has 2 rings (SSSR count). The molecule has 0 aliphatic heterocycles.